The first-order chi connectivity index (χ1) is 15.9. The molecule has 1 aromatic carbocycles. The van der Waals surface area contributed by atoms with Crippen molar-refractivity contribution < 1.29 is 19.1 Å². The van der Waals surface area contributed by atoms with Crippen molar-refractivity contribution >= 4 is 40.6 Å². The number of hydrogen-bond donors (Lipinski definition) is 0. The fraction of sp³-hybridized carbons (Fsp3) is 0.348. The van der Waals surface area contributed by atoms with Gasteiger partial charge < -0.3 is 9.47 Å². The molecule has 1 aliphatic rings. The zero-order valence-electron chi connectivity index (χ0n) is 18.5. The Morgan fingerprint density at radius 2 is 1.82 bits per heavy atom. The van der Waals surface area contributed by atoms with E-state index in [9.17, 15) is 9.59 Å². The Balaban J connectivity index is 1.80. The van der Waals surface area contributed by atoms with Crippen molar-refractivity contribution in [1.82, 2.24) is 14.8 Å². The van der Waals surface area contributed by atoms with E-state index in [4.69, 9.17) is 26.1 Å². The average Bonchev–Trinajstić information content (AvgIpc) is 3.32. The highest BCUT2D eigenvalue weighted by molar-refractivity contribution is 7.15. The number of benzene rings is 1. The second-order valence-corrected chi connectivity index (χ2v) is 8.86. The van der Waals surface area contributed by atoms with Gasteiger partial charge in [-0.25, -0.2) is 0 Å². The third-order valence-electron chi connectivity index (χ3n) is 5.17. The van der Waals surface area contributed by atoms with Gasteiger partial charge in [0, 0.05) is 27.4 Å². The van der Waals surface area contributed by atoms with Crippen molar-refractivity contribution in [1.29, 1.82) is 0 Å². The molecule has 172 valence electrons. The lowest BCUT2D eigenvalue weighted by Gasteiger charge is -2.13. The molecule has 0 atom stereocenters. The summed E-state index contributed by atoms with van der Waals surface area (Å²) in [5.41, 5.74) is 2.37. The molecule has 0 unspecified atom stereocenters. The largest absolute Gasteiger partial charge is 0.465 e. The van der Waals surface area contributed by atoms with Crippen molar-refractivity contribution in [3.05, 3.63) is 63.0 Å². The molecule has 0 aliphatic carbocycles. The van der Waals surface area contributed by atoms with Crippen molar-refractivity contribution in [2.45, 2.75) is 33.7 Å². The van der Waals surface area contributed by atoms with Crippen LogP contribution in [0, 0.1) is 12.8 Å². The van der Waals surface area contributed by atoms with Crippen molar-refractivity contribution in [3.63, 3.8) is 0 Å². The molecule has 0 spiro atoms. The van der Waals surface area contributed by atoms with Crippen LogP contribution in [0.4, 0.5) is 0 Å². The lowest BCUT2D eigenvalue weighted by molar-refractivity contribution is -0.161. The van der Waals surface area contributed by atoms with Gasteiger partial charge in [-0.15, -0.1) is 21.5 Å². The zero-order chi connectivity index (χ0) is 23.5. The molecule has 0 N–H and O–H groups in total. The average molecular weight is 487 g/mol. The third-order valence-corrected chi connectivity index (χ3v) is 6.64. The Morgan fingerprint density at radius 1 is 1.12 bits per heavy atom. The second kappa shape index (κ2) is 9.84. The highest BCUT2D eigenvalue weighted by Crippen LogP contribution is 2.35. The molecular weight excluding hydrogens is 464 g/mol. The maximum Gasteiger partial charge on any atom is 0.320 e. The number of fused-ring (bicyclic) bond motifs is 3. The normalized spacial score (nSPS) is 12.6. The predicted molar refractivity (Wildman–Crippen MR) is 125 cm³/mol. The van der Waals surface area contributed by atoms with Crippen LogP contribution < -0.4 is 0 Å². The molecule has 2 aromatic heterocycles. The van der Waals surface area contributed by atoms with Gasteiger partial charge >= 0.3 is 11.9 Å². The van der Waals surface area contributed by atoms with Crippen molar-refractivity contribution in [2.24, 2.45) is 10.9 Å². The quantitative estimate of drug-likeness (QED) is 0.371. The molecule has 1 aliphatic heterocycles. The number of carbonyl (C=O) groups excluding carboxylic acids is 2. The van der Waals surface area contributed by atoms with E-state index in [-0.39, 0.29) is 19.6 Å². The molecule has 0 fully saturated rings. The number of esters is 2. The van der Waals surface area contributed by atoms with E-state index >= 15 is 0 Å². The monoisotopic (exact) mass is 486 g/mol. The van der Waals surface area contributed by atoms with Crippen LogP contribution >= 0.6 is 22.9 Å². The fourth-order valence-electron chi connectivity index (χ4n) is 3.71. The first-order valence-electron chi connectivity index (χ1n) is 10.6. The summed E-state index contributed by atoms with van der Waals surface area (Å²) in [5, 5.41) is 9.93. The van der Waals surface area contributed by atoms with Gasteiger partial charge in [0.05, 0.1) is 18.9 Å². The summed E-state index contributed by atoms with van der Waals surface area (Å²) in [6.45, 7) is 6.00. The van der Waals surface area contributed by atoms with Crippen LogP contribution in [0.1, 0.15) is 41.5 Å². The summed E-state index contributed by atoms with van der Waals surface area (Å²) in [6.07, 6.45) is 0.154. The van der Waals surface area contributed by atoms with Gasteiger partial charge in [-0.1, -0.05) is 29.8 Å². The Labute approximate surface area is 200 Å². The van der Waals surface area contributed by atoms with E-state index in [1.807, 2.05) is 41.8 Å². The van der Waals surface area contributed by atoms with Crippen LogP contribution in [-0.4, -0.2) is 45.6 Å². The lowest BCUT2D eigenvalue weighted by atomic mass is 10.0. The van der Waals surface area contributed by atoms with Crippen LogP contribution in [0.25, 0.3) is 5.00 Å². The molecule has 0 saturated carbocycles. The Morgan fingerprint density at radius 3 is 2.48 bits per heavy atom. The molecule has 8 nitrogen and oxygen atoms in total. The SMILES string of the molecule is CCOC(=O)C(Cc1cc2c(s1)-n1c(C)nnc1CN=C2c1ccccc1Cl)C(=O)OCC. The van der Waals surface area contributed by atoms with Gasteiger partial charge in [-0.2, -0.15) is 0 Å². The highest BCUT2D eigenvalue weighted by atomic mass is 35.5. The topological polar surface area (TPSA) is 95.7 Å². The van der Waals surface area contributed by atoms with E-state index in [1.165, 1.54) is 11.3 Å². The molecule has 0 saturated heterocycles. The standard InChI is InChI=1S/C23H23ClN4O4S/c1-4-31-22(29)17(23(30)32-5-2)11-14-10-16-20(15-8-6-7-9-18(15)24)25-12-19-27-26-13(3)28(19)21(16)33-14/h6-10,17H,4-5,11-12H2,1-3H3. The molecular formula is C23H23ClN4O4S. The third kappa shape index (κ3) is 4.56. The molecule has 33 heavy (non-hydrogen) atoms. The smallest absolute Gasteiger partial charge is 0.320 e. The van der Waals surface area contributed by atoms with E-state index < -0.39 is 17.9 Å². The zero-order valence-corrected chi connectivity index (χ0v) is 20.1. The lowest BCUT2D eigenvalue weighted by Crippen LogP contribution is -2.29. The van der Waals surface area contributed by atoms with Crippen LogP contribution in [0.3, 0.4) is 0 Å². The van der Waals surface area contributed by atoms with Crippen LogP contribution in [0.15, 0.2) is 35.3 Å². The van der Waals surface area contributed by atoms with Gasteiger partial charge in [0.15, 0.2) is 11.7 Å². The van der Waals surface area contributed by atoms with Crippen LogP contribution in [0.5, 0.6) is 0 Å². The first-order valence-corrected chi connectivity index (χ1v) is 11.8. The van der Waals surface area contributed by atoms with Crippen molar-refractivity contribution in [3.8, 4) is 5.00 Å². The number of aromatic nitrogens is 3. The van der Waals surface area contributed by atoms with E-state index in [1.54, 1.807) is 13.8 Å². The maximum atomic E-state index is 12.5. The molecule has 0 amide bonds. The van der Waals surface area contributed by atoms with Crippen LogP contribution in [-0.2, 0) is 32.0 Å². The van der Waals surface area contributed by atoms with Gasteiger partial charge in [0.2, 0.25) is 0 Å². The predicted octanol–water partition coefficient (Wildman–Crippen LogP) is 3.93. The van der Waals surface area contributed by atoms with E-state index in [0.717, 1.165) is 32.5 Å². The number of rotatable bonds is 7. The van der Waals surface area contributed by atoms with E-state index in [2.05, 4.69) is 10.2 Å². The van der Waals surface area contributed by atoms with Gasteiger partial charge in [-0.05, 0) is 32.9 Å². The second-order valence-electron chi connectivity index (χ2n) is 7.34. The summed E-state index contributed by atoms with van der Waals surface area (Å²) in [4.78, 5) is 30.7. The molecule has 3 heterocycles. The van der Waals surface area contributed by atoms with E-state index in [0.29, 0.717) is 17.4 Å². The molecule has 0 radical (unpaired) electrons. The molecule has 10 heteroatoms. The Hall–Kier alpha value is -3.04. The van der Waals surface area contributed by atoms with Gasteiger partial charge in [0.1, 0.15) is 17.4 Å². The number of nitrogens with zero attached hydrogens (tertiary/aromatic N) is 4. The number of thiophene rings is 1. The minimum absolute atomic E-state index is 0.154. The van der Waals surface area contributed by atoms with Crippen molar-refractivity contribution in [2.75, 3.05) is 13.2 Å². The first kappa shape index (κ1) is 23.1. The Kier molecular flexibility index (Phi) is 6.90. The minimum atomic E-state index is -1.05. The number of aryl methyl sites for hydroxylation is 1. The van der Waals surface area contributed by atoms with Crippen LogP contribution in [0.2, 0.25) is 5.02 Å². The molecule has 0 bridgehead atoms. The number of aliphatic imine (C=N–C) groups is 1. The molecule has 4 rings (SSSR count). The number of hydrogen-bond acceptors (Lipinski definition) is 8. The number of halogens is 1. The number of ether oxygens (including phenoxy) is 2. The van der Waals surface area contributed by atoms with Gasteiger partial charge in [0.25, 0.3) is 0 Å². The fourth-order valence-corrected chi connectivity index (χ4v) is 5.20. The van der Waals surface area contributed by atoms with Gasteiger partial charge in [-0.3, -0.25) is 19.1 Å². The summed E-state index contributed by atoms with van der Waals surface area (Å²) in [7, 11) is 0. The number of carbonyl (C=O) groups is 2. The Bertz CT molecular complexity index is 1220. The summed E-state index contributed by atoms with van der Waals surface area (Å²) >= 11 is 7.96. The summed E-state index contributed by atoms with van der Waals surface area (Å²) in [6, 6.07) is 9.46. The minimum Gasteiger partial charge on any atom is -0.465 e. The maximum absolute atomic E-state index is 12.5. The highest BCUT2D eigenvalue weighted by Gasteiger charge is 2.32. The summed E-state index contributed by atoms with van der Waals surface area (Å²) in [5.74, 6) is -0.810. The molecule has 3 aromatic rings. The summed E-state index contributed by atoms with van der Waals surface area (Å²) < 4.78 is 12.2.